The summed E-state index contributed by atoms with van der Waals surface area (Å²) < 4.78 is 83.7. The molecule has 2 nitrogen and oxygen atoms in total. The van der Waals surface area contributed by atoms with Crippen LogP contribution in [-0.2, 0) is 11.8 Å². The third-order valence-corrected chi connectivity index (χ3v) is 4.42. The van der Waals surface area contributed by atoms with Crippen LogP contribution in [0.25, 0.3) is 26.5 Å². The van der Waals surface area contributed by atoms with Gasteiger partial charge in [0.05, 0.1) is 17.7 Å². The number of pyridine rings is 1. The fourth-order valence-electron chi connectivity index (χ4n) is 3.20. The number of fused-ring (bicyclic) bond motifs is 5. The molecular formula is C17H6F6N2. The summed E-state index contributed by atoms with van der Waals surface area (Å²) >= 11 is 0. The van der Waals surface area contributed by atoms with Gasteiger partial charge in [0.25, 0.3) is 0 Å². The molecule has 0 unspecified atom stereocenters. The molecule has 1 aliphatic carbocycles. The minimum absolute atomic E-state index is 0.104. The number of aromatic nitrogens is 1. The molecule has 0 amide bonds. The molecular weight excluding hydrogens is 346 g/mol. The molecule has 0 fully saturated rings. The number of hydrogen-bond donors (Lipinski definition) is 0. The van der Waals surface area contributed by atoms with Gasteiger partial charge in [0.15, 0.2) is 5.69 Å². The van der Waals surface area contributed by atoms with E-state index in [1.807, 2.05) is 0 Å². The number of rotatable bonds is 0. The van der Waals surface area contributed by atoms with E-state index in [2.05, 4.69) is 9.83 Å². The second-order valence-corrected chi connectivity index (χ2v) is 5.72. The third kappa shape index (κ3) is 1.63. The first kappa shape index (κ1) is 15.7. The Morgan fingerprint density at radius 1 is 0.880 bits per heavy atom. The first-order valence-electron chi connectivity index (χ1n) is 7.01. The van der Waals surface area contributed by atoms with Gasteiger partial charge in [-0.25, -0.2) is 4.85 Å². The average molecular weight is 352 g/mol. The van der Waals surface area contributed by atoms with Crippen LogP contribution in [-0.4, -0.2) is 10.9 Å². The molecule has 3 aromatic rings. The lowest BCUT2D eigenvalue weighted by molar-refractivity contribution is -0.302. The lowest BCUT2D eigenvalue weighted by Gasteiger charge is -2.23. The Kier molecular flexibility index (Phi) is 2.77. The maximum absolute atomic E-state index is 14.2. The van der Waals surface area contributed by atoms with Gasteiger partial charge < -0.3 is 0 Å². The molecule has 25 heavy (non-hydrogen) atoms. The molecule has 0 bridgehead atoms. The van der Waals surface area contributed by atoms with E-state index < -0.39 is 34.3 Å². The maximum atomic E-state index is 14.2. The van der Waals surface area contributed by atoms with E-state index in [0.717, 1.165) is 6.07 Å². The van der Waals surface area contributed by atoms with Crippen LogP contribution in [0.3, 0.4) is 0 Å². The molecule has 4 rings (SSSR count). The second-order valence-electron chi connectivity index (χ2n) is 5.72. The molecule has 1 aliphatic rings. The smallest absolute Gasteiger partial charge is 0.255 e. The van der Waals surface area contributed by atoms with E-state index in [0.29, 0.717) is 11.6 Å². The van der Waals surface area contributed by atoms with Gasteiger partial charge in [-0.05, 0) is 16.8 Å². The lowest BCUT2D eigenvalue weighted by Crippen LogP contribution is -2.43. The number of hydrogen-bond acceptors (Lipinski definition) is 1. The van der Waals surface area contributed by atoms with Crippen molar-refractivity contribution < 1.29 is 26.3 Å². The highest BCUT2D eigenvalue weighted by Gasteiger charge is 2.79. The normalized spacial score (nSPS) is 19.7. The van der Waals surface area contributed by atoms with Crippen LogP contribution in [0, 0.1) is 6.57 Å². The van der Waals surface area contributed by atoms with E-state index in [9.17, 15) is 26.3 Å². The fraction of sp³-hybridized carbons (Fsp3) is 0.176. The Hall–Kier alpha value is -2.82. The predicted octanol–water partition coefficient (Wildman–Crippen LogP) is 5.77. The highest BCUT2D eigenvalue weighted by molar-refractivity contribution is 6.12. The molecule has 126 valence electrons. The average Bonchev–Trinajstić information content (AvgIpc) is 2.69. The van der Waals surface area contributed by atoms with Crippen LogP contribution in [0.15, 0.2) is 36.5 Å². The van der Waals surface area contributed by atoms with Crippen LogP contribution < -0.4 is 0 Å². The van der Waals surface area contributed by atoms with Crippen molar-refractivity contribution in [2.45, 2.75) is 17.8 Å². The number of alkyl halides is 6. The summed E-state index contributed by atoms with van der Waals surface area (Å²) in [4.78, 5) is 6.93. The quantitative estimate of drug-likeness (QED) is 0.285. The van der Waals surface area contributed by atoms with Crippen molar-refractivity contribution in [1.29, 1.82) is 0 Å². The molecule has 1 heterocycles. The Morgan fingerprint density at radius 2 is 1.52 bits per heavy atom. The van der Waals surface area contributed by atoms with Crippen LogP contribution in [0.4, 0.5) is 32.0 Å². The summed E-state index contributed by atoms with van der Waals surface area (Å²) in [6.07, 6.45) is 0.371. The lowest BCUT2D eigenvalue weighted by atomic mass is 9.98. The monoisotopic (exact) mass is 352 g/mol. The molecule has 0 spiro atoms. The largest absolute Gasteiger partial charge is 0.380 e. The molecule has 0 N–H and O–H groups in total. The van der Waals surface area contributed by atoms with Crippen molar-refractivity contribution in [2.24, 2.45) is 0 Å². The molecule has 0 atom stereocenters. The summed E-state index contributed by atoms with van der Waals surface area (Å²) in [5.74, 6) is -15.7. The zero-order valence-electron chi connectivity index (χ0n) is 12.1. The molecule has 0 saturated carbocycles. The number of halogens is 6. The highest BCUT2D eigenvalue weighted by Crippen LogP contribution is 2.64. The Labute approximate surface area is 136 Å². The zero-order chi connectivity index (χ0) is 18.2. The van der Waals surface area contributed by atoms with Crippen molar-refractivity contribution in [3.63, 3.8) is 0 Å². The van der Waals surface area contributed by atoms with Gasteiger partial charge in [-0.15, -0.1) is 0 Å². The van der Waals surface area contributed by atoms with Gasteiger partial charge in [0.1, 0.15) is 0 Å². The van der Waals surface area contributed by atoms with E-state index in [-0.39, 0.29) is 16.6 Å². The van der Waals surface area contributed by atoms with Crippen molar-refractivity contribution in [3.05, 3.63) is 59.1 Å². The topological polar surface area (TPSA) is 17.2 Å². The van der Waals surface area contributed by atoms with Gasteiger partial charge in [0, 0.05) is 17.1 Å². The highest BCUT2D eigenvalue weighted by atomic mass is 19.3. The Balaban J connectivity index is 2.26. The standard InChI is InChI=1S/C17H6F6N2/c1-24-12-6-10-13-11(15(18,19)17(22,23)16(13,20)21)7-25-14(10)9-5-3-2-4-8(9)12/h2-7H. The third-order valence-electron chi connectivity index (χ3n) is 4.42. The summed E-state index contributed by atoms with van der Waals surface area (Å²) in [6, 6.07) is 7.08. The van der Waals surface area contributed by atoms with Gasteiger partial charge in [-0.1, -0.05) is 24.3 Å². The minimum Gasteiger partial charge on any atom is -0.255 e. The Bertz CT molecular complexity index is 1100. The fourth-order valence-corrected chi connectivity index (χ4v) is 3.20. The number of nitrogens with zero attached hydrogens (tertiary/aromatic N) is 2. The SMILES string of the molecule is [C-]#[N+]c1cc2c3c(cnc2c2ccccc12)C(F)(F)C(F)(F)C3(F)F. The van der Waals surface area contributed by atoms with Crippen LogP contribution in [0.1, 0.15) is 11.1 Å². The second kappa shape index (κ2) is 4.42. The molecule has 8 heteroatoms. The first-order valence-corrected chi connectivity index (χ1v) is 7.01. The Morgan fingerprint density at radius 3 is 2.16 bits per heavy atom. The van der Waals surface area contributed by atoms with Crippen molar-refractivity contribution in [2.75, 3.05) is 0 Å². The summed E-state index contributed by atoms with van der Waals surface area (Å²) in [6.45, 7) is 7.17. The minimum atomic E-state index is -5.58. The predicted molar refractivity (Wildman–Crippen MR) is 78.2 cm³/mol. The van der Waals surface area contributed by atoms with Crippen molar-refractivity contribution in [3.8, 4) is 0 Å². The van der Waals surface area contributed by atoms with E-state index in [4.69, 9.17) is 6.57 Å². The van der Waals surface area contributed by atoms with Gasteiger partial charge >= 0.3 is 17.8 Å². The van der Waals surface area contributed by atoms with Crippen LogP contribution in [0.2, 0.25) is 0 Å². The molecule has 0 aliphatic heterocycles. The van der Waals surface area contributed by atoms with Crippen molar-refractivity contribution >= 4 is 27.4 Å². The summed E-state index contributed by atoms with van der Waals surface area (Å²) in [7, 11) is 0. The van der Waals surface area contributed by atoms with Gasteiger partial charge in [0.2, 0.25) is 0 Å². The molecule has 0 saturated heterocycles. The summed E-state index contributed by atoms with van der Waals surface area (Å²) in [5, 5.41) is 0.0597. The molecule has 2 aromatic carbocycles. The van der Waals surface area contributed by atoms with Gasteiger partial charge in [-0.2, -0.15) is 26.3 Å². The van der Waals surface area contributed by atoms with E-state index >= 15 is 0 Å². The summed E-state index contributed by atoms with van der Waals surface area (Å²) in [5.41, 5.74) is -3.22. The number of benzene rings is 2. The first-order chi connectivity index (χ1) is 11.6. The molecule has 1 aromatic heterocycles. The van der Waals surface area contributed by atoms with E-state index in [1.54, 1.807) is 18.2 Å². The van der Waals surface area contributed by atoms with Gasteiger partial charge in [-0.3, -0.25) is 4.98 Å². The van der Waals surface area contributed by atoms with E-state index in [1.165, 1.54) is 6.07 Å². The molecule has 0 radical (unpaired) electrons. The van der Waals surface area contributed by atoms with Crippen LogP contribution in [0.5, 0.6) is 0 Å². The zero-order valence-corrected chi connectivity index (χ0v) is 12.1. The maximum Gasteiger partial charge on any atom is 0.380 e. The van der Waals surface area contributed by atoms with Crippen molar-refractivity contribution in [1.82, 2.24) is 4.98 Å². The van der Waals surface area contributed by atoms with Crippen LogP contribution >= 0.6 is 0 Å².